The lowest BCUT2D eigenvalue weighted by Crippen LogP contribution is -2.53. The summed E-state index contributed by atoms with van der Waals surface area (Å²) >= 11 is 0. The molecule has 0 spiro atoms. The molecule has 0 aromatic carbocycles. The average Bonchev–Trinajstić information content (AvgIpc) is 2.76. The highest BCUT2D eigenvalue weighted by atomic mass is 16.6. The van der Waals surface area contributed by atoms with Crippen molar-refractivity contribution in [2.75, 3.05) is 70.3 Å². The fourth-order valence-electron chi connectivity index (χ4n) is 3.66. The van der Waals surface area contributed by atoms with Crippen molar-refractivity contribution in [2.24, 2.45) is 10.7 Å². The Kier molecular flexibility index (Phi) is 7.89. The molecule has 0 saturated carbocycles. The number of aromatic nitrogens is 2. The van der Waals surface area contributed by atoms with E-state index in [0.29, 0.717) is 38.7 Å². The second kappa shape index (κ2) is 10.6. The van der Waals surface area contributed by atoms with E-state index in [9.17, 15) is 4.79 Å². The van der Waals surface area contributed by atoms with E-state index >= 15 is 0 Å². The molecular formula is C21H36N8O2. The molecule has 0 bridgehead atoms. The average molecular weight is 433 g/mol. The lowest BCUT2D eigenvalue weighted by Gasteiger charge is -2.36. The van der Waals surface area contributed by atoms with E-state index in [4.69, 9.17) is 10.5 Å². The highest BCUT2D eigenvalue weighted by Crippen LogP contribution is 2.12. The molecule has 10 heteroatoms. The first-order valence-corrected chi connectivity index (χ1v) is 11.1. The summed E-state index contributed by atoms with van der Waals surface area (Å²) in [6.45, 7) is 13.8. The van der Waals surface area contributed by atoms with Gasteiger partial charge in [0, 0.05) is 77.8 Å². The van der Waals surface area contributed by atoms with Crippen LogP contribution in [0.1, 0.15) is 27.2 Å². The Bertz CT molecular complexity index is 721. The van der Waals surface area contributed by atoms with Crippen molar-refractivity contribution in [1.82, 2.24) is 24.7 Å². The van der Waals surface area contributed by atoms with Gasteiger partial charge in [-0.3, -0.25) is 9.89 Å². The van der Waals surface area contributed by atoms with Crippen LogP contribution in [-0.4, -0.2) is 108 Å². The molecule has 2 N–H and O–H groups in total. The van der Waals surface area contributed by atoms with Crippen molar-refractivity contribution in [3.8, 4) is 0 Å². The summed E-state index contributed by atoms with van der Waals surface area (Å²) in [7, 11) is 0. The van der Waals surface area contributed by atoms with Gasteiger partial charge in [0.05, 0.1) is 0 Å². The lowest BCUT2D eigenvalue weighted by molar-refractivity contribution is 0.0186. The highest BCUT2D eigenvalue weighted by Gasteiger charge is 2.26. The molecule has 3 heterocycles. The zero-order valence-electron chi connectivity index (χ0n) is 19.0. The number of aliphatic imine (C=N–C) groups is 1. The fraction of sp³-hybridized carbons (Fsp3) is 0.714. The maximum absolute atomic E-state index is 12.2. The second-order valence-electron chi connectivity index (χ2n) is 8.93. The predicted molar refractivity (Wildman–Crippen MR) is 121 cm³/mol. The number of piperazine rings is 2. The summed E-state index contributed by atoms with van der Waals surface area (Å²) in [5.74, 6) is 1.38. The maximum atomic E-state index is 12.2. The Labute approximate surface area is 185 Å². The number of ether oxygens (including phenoxy) is 1. The number of carbonyl (C=O) groups is 1. The minimum absolute atomic E-state index is 0.262. The van der Waals surface area contributed by atoms with Crippen LogP contribution in [0.25, 0.3) is 0 Å². The molecule has 3 rings (SSSR count). The Morgan fingerprint density at radius 2 is 1.65 bits per heavy atom. The maximum Gasteiger partial charge on any atom is 0.410 e. The smallest absolute Gasteiger partial charge is 0.410 e. The molecule has 2 aliphatic heterocycles. The van der Waals surface area contributed by atoms with Gasteiger partial charge in [-0.2, -0.15) is 0 Å². The summed E-state index contributed by atoms with van der Waals surface area (Å²) in [5, 5.41) is 0. The molecule has 0 aliphatic carbocycles. The van der Waals surface area contributed by atoms with Gasteiger partial charge in [0.25, 0.3) is 0 Å². The number of amides is 1. The van der Waals surface area contributed by atoms with Crippen LogP contribution < -0.4 is 10.6 Å². The number of nitrogens with two attached hydrogens (primary N) is 1. The molecule has 1 aromatic rings. The number of anilines is 1. The van der Waals surface area contributed by atoms with Gasteiger partial charge in [-0.15, -0.1) is 0 Å². The van der Waals surface area contributed by atoms with Gasteiger partial charge < -0.3 is 25.2 Å². The predicted octanol–water partition coefficient (Wildman–Crippen LogP) is 0.856. The zero-order valence-corrected chi connectivity index (χ0v) is 19.0. The van der Waals surface area contributed by atoms with Crippen LogP contribution >= 0.6 is 0 Å². The van der Waals surface area contributed by atoms with Gasteiger partial charge in [0.2, 0.25) is 5.95 Å². The van der Waals surface area contributed by atoms with Gasteiger partial charge in [-0.25, -0.2) is 14.8 Å². The largest absolute Gasteiger partial charge is 0.444 e. The molecular weight excluding hydrogens is 396 g/mol. The molecule has 31 heavy (non-hydrogen) atoms. The standard InChI is InChI=1S/C21H36N8O2/c1-21(2,3)31-20(30)29-16-14-27(15-17-29)18(22)23-8-5-9-26-10-12-28(13-11-26)19-24-6-4-7-25-19/h4,6-7H,5,8-17H2,1-3H3,(H2,22,23). The van der Waals surface area contributed by atoms with E-state index in [-0.39, 0.29) is 6.09 Å². The Hall–Kier alpha value is -2.62. The van der Waals surface area contributed by atoms with Crippen LogP contribution in [0.3, 0.4) is 0 Å². The molecule has 10 nitrogen and oxygen atoms in total. The first-order valence-electron chi connectivity index (χ1n) is 11.1. The molecule has 172 valence electrons. The van der Waals surface area contributed by atoms with Crippen molar-refractivity contribution >= 4 is 18.0 Å². The second-order valence-corrected chi connectivity index (χ2v) is 8.93. The third kappa shape index (κ3) is 7.23. The van der Waals surface area contributed by atoms with Gasteiger partial charge in [-0.1, -0.05) is 0 Å². The van der Waals surface area contributed by atoms with Crippen LogP contribution in [0, 0.1) is 0 Å². The Morgan fingerprint density at radius 3 is 2.26 bits per heavy atom. The molecule has 2 aliphatic rings. The summed E-state index contributed by atoms with van der Waals surface area (Å²) in [5.41, 5.74) is 5.71. The molecule has 2 saturated heterocycles. The van der Waals surface area contributed by atoms with E-state index < -0.39 is 5.60 Å². The lowest BCUT2D eigenvalue weighted by atomic mass is 10.2. The number of hydrogen-bond acceptors (Lipinski definition) is 7. The van der Waals surface area contributed by atoms with Crippen molar-refractivity contribution in [1.29, 1.82) is 0 Å². The number of guanidine groups is 1. The summed E-state index contributed by atoms with van der Waals surface area (Å²) in [6.07, 6.45) is 4.28. The fourth-order valence-corrected chi connectivity index (χ4v) is 3.66. The molecule has 0 unspecified atom stereocenters. The van der Waals surface area contributed by atoms with E-state index in [1.165, 1.54) is 0 Å². The topological polar surface area (TPSA) is 103 Å². The van der Waals surface area contributed by atoms with E-state index in [0.717, 1.165) is 45.1 Å². The Morgan fingerprint density at radius 1 is 1.03 bits per heavy atom. The zero-order chi connectivity index (χ0) is 22.3. The first kappa shape index (κ1) is 23.1. The minimum atomic E-state index is -0.476. The summed E-state index contributed by atoms with van der Waals surface area (Å²) in [6, 6.07) is 1.84. The SMILES string of the molecule is CC(C)(C)OC(=O)N1CCN(C(N)=NCCCN2CCN(c3ncccn3)CC2)CC1. The van der Waals surface area contributed by atoms with Crippen molar-refractivity contribution < 1.29 is 9.53 Å². The van der Waals surface area contributed by atoms with Crippen LogP contribution in [0.4, 0.5) is 10.7 Å². The third-order valence-electron chi connectivity index (χ3n) is 5.37. The summed E-state index contributed by atoms with van der Waals surface area (Å²) in [4.78, 5) is 33.8. The number of nitrogens with zero attached hydrogens (tertiary/aromatic N) is 7. The molecule has 1 aromatic heterocycles. The van der Waals surface area contributed by atoms with Gasteiger partial charge in [-0.05, 0) is 33.3 Å². The van der Waals surface area contributed by atoms with Gasteiger partial charge in [0.15, 0.2) is 5.96 Å². The van der Waals surface area contributed by atoms with Crippen molar-refractivity contribution in [3.05, 3.63) is 18.5 Å². The quantitative estimate of drug-likeness (QED) is 0.415. The first-order chi connectivity index (χ1) is 14.8. The van der Waals surface area contributed by atoms with E-state index in [1.807, 2.05) is 31.7 Å². The number of rotatable bonds is 5. The number of hydrogen-bond donors (Lipinski definition) is 1. The normalized spacial score (nSPS) is 18.9. The van der Waals surface area contributed by atoms with Crippen LogP contribution in [0.5, 0.6) is 0 Å². The van der Waals surface area contributed by atoms with E-state index in [1.54, 1.807) is 17.3 Å². The van der Waals surface area contributed by atoms with Crippen molar-refractivity contribution in [2.45, 2.75) is 32.8 Å². The monoisotopic (exact) mass is 432 g/mol. The molecule has 0 atom stereocenters. The minimum Gasteiger partial charge on any atom is -0.444 e. The van der Waals surface area contributed by atoms with Crippen LogP contribution in [0.15, 0.2) is 23.5 Å². The van der Waals surface area contributed by atoms with Gasteiger partial charge in [0.1, 0.15) is 5.60 Å². The highest BCUT2D eigenvalue weighted by molar-refractivity contribution is 5.78. The molecule has 1 amide bonds. The van der Waals surface area contributed by atoms with Crippen LogP contribution in [-0.2, 0) is 4.74 Å². The van der Waals surface area contributed by atoms with Crippen molar-refractivity contribution in [3.63, 3.8) is 0 Å². The Balaban J connectivity index is 1.31. The molecule has 0 radical (unpaired) electrons. The van der Waals surface area contributed by atoms with Gasteiger partial charge >= 0.3 is 6.09 Å². The number of carbonyl (C=O) groups excluding carboxylic acids is 1. The summed E-state index contributed by atoms with van der Waals surface area (Å²) < 4.78 is 5.43. The van der Waals surface area contributed by atoms with Crippen LogP contribution in [0.2, 0.25) is 0 Å². The third-order valence-corrected chi connectivity index (χ3v) is 5.37. The molecule has 2 fully saturated rings. The van der Waals surface area contributed by atoms with E-state index in [2.05, 4.69) is 24.8 Å².